The van der Waals surface area contributed by atoms with E-state index in [9.17, 15) is 9.59 Å². The smallest absolute Gasteiger partial charge is 0.255 e. The van der Waals surface area contributed by atoms with Crippen LogP contribution in [0.3, 0.4) is 0 Å². The third-order valence-corrected chi connectivity index (χ3v) is 8.40. The molecule has 1 aromatic heterocycles. The van der Waals surface area contributed by atoms with E-state index < -0.39 is 6.04 Å². The first-order valence-electron chi connectivity index (χ1n) is 14.1. The lowest BCUT2D eigenvalue weighted by molar-refractivity contribution is -0.130. The first-order valence-corrected chi connectivity index (χ1v) is 15.0. The van der Waals surface area contributed by atoms with E-state index in [4.69, 9.17) is 24.0 Å². The first kappa shape index (κ1) is 31.4. The number of para-hydroxylation sites is 2. The molecule has 0 unspecified atom stereocenters. The molecule has 1 N–H and O–H groups in total. The molecule has 234 valence electrons. The van der Waals surface area contributed by atoms with Crippen molar-refractivity contribution in [2.24, 2.45) is 12.1 Å². The summed E-state index contributed by atoms with van der Waals surface area (Å²) < 4.78 is 23.6. The molecule has 0 aliphatic carbocycles. The van der Waals surface area contributed by atoms with Gasteiger partial charge in [0.1, 0.15) is 11.5 Å². The van der Waals surface area contributed by atoms with E-state index in [-0.39, 0.29) is 24.1 Å². The lowest BCUT2D eigenvalue weighted by atomic mass is 9.97. The molecule has 0 fully saturated rings. The molecular formula is C32H34N6O6S. The maximum atomic E-state index is 13.8. The predicted molar refractivity (Wildman–Crippen MR) is 169 cm³/mol. The van der Waals surface area contributed by atoms with Crippen LogP contribution in [0, 0.1) is 0 Å². The molecule has 0 radical (unpaired) electrons. The fourth-order valence-electron chi connectivity index (χ4n) is 5.02. The molecule has 3 aromatic carbocycles. The number of nitrogens with one attached hydrogen (secondary N) is 1. The average molecular weight is 631 g/mol. The number of carbonyl (C=O) groups excluding carboxylic acids is 2. The lowest BCUT2D eigenvalue weighted by Crippen LogP contribution is -2.29. The highest BCUT2D eigenvalue weighted by Gasteiger charge is 2.35. The maximum absolute atomic E-state index is 13.8. The molecule has 4 aromatic rings. The maximum Gasteiger partial charge on any atom is 0.255 e. The van der Waals surface area contributed by atoms with E-state index in [1.165, 1.54) is 23.9 Å². The van der Waals surface area contributed by atoms with Crippen LogP contribution < -0.4 is 24.3 Å². The van der Waals surface area contributed by atoms with Gasteiger partial charge >= 0.3 is 0 Å². The van der Waals surface area contributed by atoms with Crippen molar-refractivity contribution in [2.45, 2.75) is 24.2 Å². The summed E-state index contributed by atoms with van der Waals surface area (Å²) in [5, 5.41) is 18.1. The standard InChI is InChI=1S/C32H34N6O6S/c1-37-28(18-33-31(40)23-9-6-7-11-26(23)42-3)34-35-32(37)45-19-29(39)38-25(22-10-8-12-27(43-4)30(22)44-5)17-24(36-38)20-13-15-21(41-2)16-14-20/h6-16,25H,17-19H2,1-5H3,(H,33,40)/t25-/m0/s1. The van der Waals surface area contributed by atoms with Gasteiger partial charge in [-0.1, -0.05) is 36.0 Å². The Morgan fingerprint density at radius 2 is 1.62 bits per heavy atom. The second kappa shape index (κ2) is 14.2. The summed E-state index contributed by atoms with van der Waals surface area (Å²) in [7, 11) is 8.07. The molecule has 0 saturated heterocycles. The largest absolute Gasteiger partial charge is 0.497 e. The van der Waals surface area contributed by atoms with Crippen LogP contribution in [-0.2, 0) is 18.4 Å². The molecule has 2 amide bonds. The number of hydrogen-bond donors (Lipinski definition) is 1. The number of carbonyl (C=O) groups is 2. The number of thioether (sulfide) groups is 1. The van der Waals surface area contributed by atoms with Gasteiger partial charge in [0.05, 0.1) is 58.1 Å². The molecule has 1 aliphatic heterocycles. The Balaban J connectivity index is 1.32. The second-order valence-corrected chi connectivity index (χ2v) is 10.9. The summed E-state index contributed by atoms with van der Waals surface area (Å²) in [4.78, 5) is 26.5. The molecule has 1 aliphatic rings. The minimum Gasteiger partial charge on any atom is -0.497 e. The van der Waals surface area contributed by atoms with Gasteiger partial charge in [0.25, 0.3) is 11.8 Å². The molecule has 1 atom stereocenters. The van der Waals surface area contributed by atoms with Gasteiger partial charge in [0.15, 0.2) is 22.5 Å². The van der Waals surface area contributed by atoms with Crippen LogP contribution in [0.1, 0.15) is 39.8 Å². The van der Waals surface area contributed by atoms with E-state index in [1.54, 1.807) is 57.2 Å². The van der Waals surface area contributed by atoms with Crippen LogP contribution in [0.25, 0.3) is 0 Å². The van der Waals surface area contributed by atoms with Gasteiger partial charge < -0.3 is 28.8 Å². The van der Waals surface area contributed by atoms with Gasteiger partial charge in [0.2, 0.25) is 0 Å². The number of methoxy groups -OCH3 is 4. The molecule has 5 rings (SSSR count). The number of ether oxygens (including phenoxy) is 4. The molecule has 0 spiro atoms. The van der Waals surface area contributed by atoms with Crippen molar-refractivity contribution < 1.29 is 28.5 Å². The third-order valence-electron chi connectivity index (χ3n) is 7.39. The van der Waals surface area contributed by atoms with Crippen LogP contribution in [0.4, 0.5) is 0 Å². The molecule has 13 heteroatoms. The molecule has 0 bridgehead atoms. The fourth-order valence-corrected chi connectivity index (χ4v) is 5.80. The van der Waals surface area contributed by atoms with Crippen LogP contribution >= 0.6 is 11.8 Å². The predicted octanol–water partition coefficient (Wildman–Crippen LogP) is 4.25. The van der Waals surface area contributed by atoms with Crippen molar-refractivity contribution in [2.75, 3.05) is 34.2 Å². The number of nitrogens with zero attached hydrogens (tertiary/aromatic N) is 5. The van der Waals surface area contributed by atoms with Crippen LogP contribution in [-0.4, -0.2) is 71.5 Å². The SMILES string of the molecule is COc1ccc(C2=NN(C(=O)CSc3nnc(CNC(=O)c4ccccc4OC)n3C)[C@H](c3cccc(OC)c3OC)C2)cc1. The Kier molecular flexibility index (Phi) is 9.88. The van der Waals surface area contributed by atoms with E-state index >= 15 is 0 Å². The Morgan fingerprint density at radius 3 is 2.33 bits per heavy atom. The number of aromatic nitrogens is 3. The average Bonchev–Trinajstić information content (AvgIpc) is 3.69. The zero-order valence-corrected chi connectivity index (χ0v) is 26.5. The zero-order chi connectivity index (χ0) is 31.9. The highest BCUT2D eigenvalue weighted by Crippen LogP contribution is 2.42. The minimum absolute atomic E-state index is 0.0573. The number of hydrazone groups is 1. The highest BCUT2D eigenvalue weighted by atomic mass is 32.2. The van der Waals surface area contributed by atoms with E-state index in [1.807, 2.05) is 42.5 Å². The van der Waals surface area contributed by atoms with Crippen LogP contribution in [0.2, 0.25) is 0 Å². The van der Waals surface area contributed by atoms with Gasteiger partial charge in [-0.15, -0.1) is 10.2 Å². The topological polar surface area (TPSA) is 129 Å². The highest BCUT2D eigenvalue weighted by molar-refractivity contribution is 7.99. The van der Waals surface area contributed by atoms with E-state index in [0.717, 1.165) is 22.6 Å². The molecule has 45 heavy (non-hydrogen) atoms. The first-order chi connectivity index (χ1) is 21.9. The summed E-state index contributed by atoms with van der Waals surface area (Å²) >= 11 is 1.24. The molecule has 0 saturated carbocycles. The van der Waals surface area contributed by atoms with Crippen molar-refractivity contribution in [1.82, 2.24) is 25.1 Å². The Bertz CT molecular complexity index is 1710. The number of hydrogen-bond acceptors (Lipinski definition) is 10. The summed E-state index contributed by atoms with van der Waals surface area (Å²) in [6.07, 6.45) is 0.478. The fraction of sp³-hybridized carbons (Fsp3) is 0.281. The van der Waals surface area contributed by atoms with Crippen molar-refractivity contribution >= 4 is 29.3 Å². The Morgan fingerprint density at radius 1 is 0.889 bits per heavy atom. The molecule has 12 nitrogen and oxygen atoms in total. The Labute approximate surface area is 265 Å². The minimum atomic E-state index is -0.416. The van der Waals surface area contributed by atoms with E-state index in [2.05, 4.69) is 15.5 Å². The summed E-state index contributed by atoms with van der Waals surface area (Å²) in [5.74, 6) is 2.41. The number of benzene rings is 3. The van der Waals surface area contributed by atoms with Crippen molar-refractivity contribution in [1.29, 1.82) is 0 Å². The molecular weight excluding hydrogens is 596 g/mol. The second-order valence-electron chi connectivity index (χ2n) is 9.95. The van der Waals surface area contributed by atoms with Gasteiger partial charge in [0, 0.05) is 19.0 Å². The lowest BCUT2D eigenvalue weighted by Gasteiger charge is -2.24. The summed E-state index contributed by atoms with van der Waals surface area (Å²) in [6.45, 7) is 0.147. The van der Waals surface area contributed by atoms with Crippen molar-refractivity contribution in [3.8, 4) is 23.0 Å². The van der Waals surface area contributed by atoms with Crippen LogP contribution in [0.5, 0.6) is 23.0 Å². The van der Waals surface area contributed by atoms with E-state index in [0.29, 0.717) is 40.2 Å². The van der Waals surface area contributed by atoms with Crippen molar-refractivity contribution in [3.63, 3.8) is 0 Å². The van der Waals surface area contributed by atoms with Gasteiger partial charge in [-0.3, -0.25) is 9.59 Å². The van der Waals surface area contributed by atoms with Gasteiger partial charge in [-0.25, -0.2) is 5.01 Å². The molecule has 2 heterocycles. The summed E-state index contributed by atoms with van der Waals surface area (Å²) in [5.41, 5.74) is 2.86. The quantitative estimate of drug-likeness (QED) is 0.229. The van der Waals surface area contributed by atoms with Gasteiger partial charge in [-0.2, -0.15) is 5.10 Å². The van der Waals surface area contributed by atoms with Gasteiger partial charge in [-0.05, 0) is 48.0 Å². The Hall–Kier alpha value is -5.04. The number of amides is 2. The summed E-state index contributed by atoms with van der Waals surface area (Å²) in [6, 6.07) is 19.7. The van der Waals surface area contributed by atoms with Crippen molar-refractivity contribution in [3.05, 3.63) is 89.2 Å². The number of rotatable bonds is 12. The van der Waals surface area contributed by atoms with Crippen LogP contribution in [0.15, 0.2) is 77.0 Å². The third kappa shape index (κ3) is 6.73. The monoisotopic (exact) mass is 630 g/mol. The zero-order valence-electron chi connectivity index (χ0n) is 25.6. The normalized spacial score (nSPS) is 14.1.